The summed E-state index contributed by atoms with van der Waals surface area (Å²) in [5.74, 6) is 0.890. The van der Waals surface area contributed by atoms with Crippen molar-refractivity contribution < 1.29 is 4.74 Å². The molecule has 2 aromatic carbocycles. The van der Waals surface area contributed by atoms with Crippen LogP contribution in [0.2, 0.25) is 0 Å². The van der Waals surface area contributed by atoms with Gasteiger partial charge < -0.3 is 9.30 Å². The number of nitrogens with zero attached hydrogens (tertiary/aromatic N) is 2. The molecule has 0 bridgehead atoms. The highest BCUT2D eigenvalue weighted by atomic mass is 16.5. The molecule has 0 saturated carbocycles. The van der Waals surface area contributed by atoms with Gasteiger partial charge in [-0.05, 0) is 31.4 Å². The maximum Gasteiger partial charge on any atom is 0.122 e. The summed E-state index contributed by atoms with van der Waals surface area (Å²) in [6, 6.07) is 16.7. The molecular weight excluding hydrogens is 352 g/mol. The molecule has 2 heterocycles. The van der Waals surface area contributed by atoms with Crippen molar-refractivity contribution in [3.63, 3.8) is 0 Å². The number of rotatable bonds is 7. The van der Waals surface area contributed by atoms with Gasteiger partial charge >= 0.3 is 0 Å². The first-order chi connectivity index (χ1) is 13.8. The van der Waals surface area contributed by atoms with E-state index in [1.807, 2.05) is 24.5 Å². The number of aromatic nitrogens is 2. The molecule has 3 aromatic rings. The van der Waals surface area contributed by atoms with E-state index in [9.17, 15) is 0 Å². The van der Waals surface area contributed by atoms with Gasteiger partial charge in [0.1, 0.15) is 5.75 Å². The Bertz CT molecular complexity index is 918. The van der Waals surface area contributed by atoms with Gasteiger partial charge in [0.2, 0.25) is 0 Å². The number of nitrogens with one attached hydrogen (secondary N) is 4. The zero-order valence-electron chi connectivity index (χ0n) is 16.2. The lowest BCUT2D eigenvalue weighted by Crippen LogP contribution is -2.33. The van der Waals surface area contributed by atoms with Gasteiger partial charge in [0.25, 0.3) is 0 Å². The van der Waals surface area contributed by atoms with E-state index in [1.54, 1.807) is 7.11 Å². The Hall–Kier alpha value is -2.71. The molecule has 4 rings (SSSR count). The van der Waals surface area contributed by atoms with Gasteiger partial charge in [0.05, 0.1) is 31.0 Å². The van der Waals surface area contributed by atoms with Gasteiger partial charge in [-0.25, -0.2) is 15.8 Å². The van der Waals surface area contributed by atoms with Crippen molar-refractivity contribution in [1.29, 1.82) is 0 Å². The highest BCUT2D eigenvalue weighted by Crippen LogP contribution is 2.34. The SMILES string of the molecule is COc1cc(-c2c(-c3ccccc3)ncn2CCCC2NNNN2)ccc1C. The molecule has 1 saturated heterocycles. The van der Waals surface area contributed by atoms with Crippen LogP contribution in [0.3, 0.4) is 0 Å². The van der Waals surface area contributed by atoms with Crippen LogP contribution in [0.4, 0.5) is 0 Å². The Morgan fingerprint density at radius 2 is 1.82 bits per heavy atom. The first kappa shape index (κ1) is 18.6. The van der Waals surface area contributed by atoms with Crippen molar-refractivity contribution in [1.82, 2.24) is 31.5 Å². The molecule has 7 heteroatoms. The van der Waals surface area contributed by atoms with Crippen molar-refractivity contribution in [2.75, 3.05) is 7.11 Å². The molecule has 1 aromatic heterocycles. The van der Waals surface area contributed by atoms with Crippen LogP contribution in [0.5, 0.6) is 5.75 Å². The van der Waals surface area contributed by atoms with E-state index in [4.69, 9.17) is 9.72 Å². The van der Waals surface area contributed by atoms with Crippen molar-refractivity contribution in [3.05, 3.63) is 60.4 Å². The number of hydrogen-bond donors (Lipinski definition) is 4. The summed E-state index contributed by atoms with van der Waals surface area (Å²) < 4.78 is 7.80. The molecule has 0 aliphatic carbocycles. The summed E-state index contributed by atoms with van der Waals surface area (Å²) in [4.78, 5) is 4.76. The number of imidazole rings is 1. The summed E-state index contributed by atoms with van der Waals surface area (Å²) in [6.07, 6.45) is 4.14. The normalized spacial score (nSPS) is 14.5. The Labute approximate surface area is 165 Å². The second kappa shape index (κ2) is 8.53. The fraction of sp³-hybridized carbons (Fsp3) is 0.286. The molecule has 1 fully saturated rings. The minimum absolute atomic E-state index is 0.208. The zero-order chi connectivity index (χ0) is 19.3. The largest absolute Gasteiger partial charge is 0.496 e. The van der Waals surface area contributed by atoms with Crippen LogP contribution in [0.15, 0.2) is 54.9 Å². The van der Waals surface area contributed by atoms with Crippen LogP contribution in [0.25, 0.3) is 22.5 Å². The number of hydrazine groups is 3. The molecule has 4 N–H and O–H groups in total. The third kappa shape index (κ3) is 3.93. The molecule has 28 heavy (non-hydrogen) atoms. The third-order valence-corrected chi connectivity index (χ3v) is 5.01. The number of aryl methyl sites for hydroxylation is 2. The van der Waals surface area contributed by atoms with Gasteiger partial charge in [0.15, 0.2) is 0 Å². The van der Waals surface area contributed by atoms with E-state index in [1.165, 1.54) is 0 Å². The molecule has 7 nitrogen and oxygen atoms in total. The fourth-order valence-corrected chi connectivity index (χ4v) is 3.52. The summed E-state index contributed by atoms with van der Waals surface area (Å²) in [7, 11) is 1.71. The average molecular weight is 378 g/mol. The van der Waals surface area contributed by atoms with E-state index in [0.29, 0.717) is 0 Å². The number of hydrogen-bond acceptors (Lipinski definition) is 6. The summed E-state index contributed by atoms with van der Waals surface area (Å²) in [5.41, 5.74) is 17.4. The fourth-order valence-electron chi connectivity index (χ4n) is 3.52. The highest BCUT2D eigenvalue weighted by Gasteiger charge is 2.17. The maximum atomic E-state index is 5.56. The lowest BCUT2D eigenvalue weighted by Gasteiger charge is -2.14. The number of ether oxygens (including phenoxy) is 1. The van der Waals surface area contributed by atoms with Gasteiger partial charge in [-0.3, -0.25) is 0 Å². The molecule has 1 aliphatic heterocycles. The summed E-state index contributed by atoms with van der Waals surface area (Å²) in [6.45, 7) is 2.94. The zero-order valence-corrected chi connectivity index (χ0v) is 16.2. The topological polar surface area (TPSA) is 75.2 Å². The monoisotopic (exact) mass is 378 g/mol. The average Bonchev–Trinajstić information content (AvgIpc) is 3.39. The highest BCUT2D eigenvalue weighted by molar-refractivity contribution is 5.79. The predicted molar refractivity (Wildman–Crippen MR) is 110 cm³/mol. The second-order valence-corrected chi connectivity index (χ2v) is 6.92. The van der Waals surface area contributed by atoms with Crippen LogP contribution in [0, 0.1) is 6.92 Å². The third-order valence-electron chi connectivity index (χ3n) is 5.01. The van der Waals surface area contributed by atoms with E-state index in [-0.39, 0.29) is 6.17 Å². The Morgan fingerprint density at radius 3 is 2.57 bits per heavy atom. The minimum atomic E-state index is 0.208. The van der Waals surface area contributed by atoms with Gasteiger partial charge in [-0.15, -0.1) is 0 Å². The summed E-state index contributed by atoms with van der Waals surface area (Å²) in [5, 5.41) is 0. The maximum absolute atomic E-state index is 5.56. The first-order valence-electron chi connectivity index (χ1n) is 9.53. The van der Waals surface area contributed by atoms with Crippen molar-refractivity contribution >= 4 is 0 Å². The molecule has 0 spiro atoms. The first-order valence-corrected chi connectivity index (χ1v) is 9.53. The van der Waals surface area contributed by atoms with Gasteiger partial charge in [-0.1, -0.05) is 42.5 Å². The number of benzene rings is 2. The summed E-state index contributed by atoms with van der Waals surface area (Å²) >= 11 is 0. The van der Waals surface area contributed by atoms with Crippen LogP contribution >= 0.6 is 0 Å². The molecule has 1 aliphatic rings. The van der Waals surface area contributed by atoms with Crippen LogP contribution in [-0.4, -0.2) is 22.8 Å². The molecule has 0 radical (unpaired) electrons. The Balaban J connectivity index is 1.67. The van der Waals surface area contributed by atoms with Crippen molar-refractivity contribution in [3.8, 4) is 28.3 Å². The van der Waals surface area contributed by atoms with E-state index >= 15 is 0 Å². The quantitative estimate of drug-likeness (QED) is 0.507. The van der Waals surface area contributed by atoms with E-state index in [0.717, 1.165) is 53.2 Å². The number of methoxy groups -OCH3 is 1. The van der Waals surface area contributed by atoms with Gasteiger partial charge in [-0.2, -0.15) is 11.1 Å². The Kier molecular flexibility index (Phi) is 5.68. The molecule has 0 unspecified atom stereocenters. The van der Waals surface area contributed by atoms with E-state index < -0.39 is 0 Å². The standard InChI is InChI=1S/C21H26N6O/c1-15-10-11-17(13-18(15)28-2)21-20(16-7-4-3-5-8-16)22-14-27(21)12-6-9-19-23-25-26-24-19/h3-5,7-8,10-11,13-14,19,23-26H,6,9,12H2,1-2H3. The molecular formula is C21H26N6O. The lowest BCUT2D eigenvalue weighted by molar-refractivity contribution is 0.412. The van der Waals surface area contributed by atoms with Crippen LogP contribution in [0.1, 0.15) is 18.4 Å². The second-order valence-electron chi connectivity index (χ2n) is 6.92. The molecule has 0 atom stereocenters. The molecule has 146 valence electrons. The van der Waals surface area contributed by atoms with Crippen molar-refractivity contribution in [2.45, 2.75) is 32.5 Å². The lowest BCUT2D eigenvalue weighted by atomic mass is 10.0. The van der Waals surface area contributed by atoms with Crippen molar-refractivity contribution in [2.24, 2.45) is 0 Å². The van der Waals surface area contributed by atoms with Crippen LogP contribution < -0.4 is 26.7 Å². The van der Waals surface area contributed by atoms with E-state index in [2.05, 4.69) is 63.7 Å². The van der Waals surface area contributed by atoms with Crippen LogP contribution in [-0.2, 0) is 6.54 Å². The van der Waals surface area contributed by atoms with Gasteiger partial charge in [0, 0.05) is 17.7 Å². The smallest absolute Gasteiger partial charge is 0.122 e. The predicted octanol–water partition coefficient (Wildman–Crippen LogP) is 2.76. The molecule has 0 amide bonds. The minimum Gasteiger partial charge on any atom is -0.496 e. The Morgan fingerprint density at radius 1 is 1.04 bits per heavy atom.